The number of halogens is 1. The highest BCUT2D eigenvalue weighted by atomic mass is 35.5. The fraction of sp³-hybridized carbons (Fsp3) is 0.625. The molecule has 3 heteroatoms. The highest BCUT2D eigenvalue weighted by molar-refractivity contribution is 6.17. The maximum atomic E-state index is 5.67. The Morgan fingerprint density at radius 1 is 1.73 bits per heavy atom. The van der Waals surface area contributed by atoms with Gasteiger partial charge in [0.05, 0.1) is 12.1 Å². The first kappa shape index (κ1) is 8.60. The minimum Gasteiger partial charge on any atom is -0.361 e. The molecule has 0 amide bonds. The van der Waals surface area contributed by atoms with E-state index in [4.69, 9.17) is 16.1 Å². The highest BCUT2D eigenvalue weighted by Crippen LogP contribution is 2.23. The summed E-state index contributed by atoms with van der Waals surface area (Å²) in [5.74, 6) is 1.84. The average Bonchev–Trinajstić information content (AvgIpc) is 2.50. The molecule has 1 rings (SSSR count). The first-order chi connectivity index (χ1) is 5.29. The summed E-state index contributed by atoms with van der Waals surface area (Å²) in [5.41, 5.74) is 1.01. The molecule has 0 N–H and O–H groups in total. The van der Waals surface area contributed by atoms with Gasteiger partial charge in [-0.05, 0) is 6.42 Å². The van der Waals surface area contributed by atoms with Crippen molar-refractivity contribution in [1.82, 2.24) is 5.16 Å². The van der Waals surface area contributed by atoms with E-state index in [9.17, 15) is 0 Å². The Balaban J connectivity index is 2.83. The summed E-state index contributed by atoms with van der Waals surface area (Å²) in [7, 11) is 0. The summed E-state index contributed by atoms with van der Waals surface area (Å²) >= 11 is 5.67. The first-order valence-corrected chi connectivity index (χ1v) is 4.32. The van der Waals surface area contributed by atoms with Crippen molar-refractivity contribution >= 4 is 11.6 Å². The summed E-state index contributed by atoms with van der Waals surface area (Å²) < 4.78 is 5.07. The van der Waals surface area contributed by atoms with Gasteiger partial charge in [-0.25, -0.2) is 0 Å². The minimum atomic E-state index is 0.422. The van der Waals surface area contributed by atoms with E-state index in [1.54, 1.807) is 6.20 Å². The van der Waals surface area contributed by atoms with Crippen LogP contribution >= 0.6 is 11.6 Å². The Kier molecular flexibility index (Phi) is 2.94. The van der Waals surface area contributed by atoms with Gasteiger partial charge in [-0.2, -0.15) is 0 Å². The van der Waals surface area contributed by atoms with Gasteiger partial charge >= 0.3 is 0 Å². The average molecular weight is 174 g/mol. The van der Waals surface area contributed by atoms with Crippen LogP contribution in [-0.2, 0) is 5.88 Å². The number of aromatic nitrogens is 1. The molecule has 0 aliphatic carbocycles. The van der Waals surface area contributed by atoms with Gasteiger partial charge in [0.2, 0.25) is 0 Å². The zero-order chi connectivity index (χ0) is 8.27. The topological polar surface area (TPSA) is 26.0 Å². The molecular formula is C8H12ClNO. The molecule has 2 nitrogen and oxygen atoms in total. The molecule has 1 aromatic heterocycles. The van der Waals surface area contributed by atoms with Gasteiger partial charge in [0, 0.05) is 11.5 Å². The third kappa shape index (κ3) is 1.74. The van der Waals surface area contributed by atoms with Crippen LogP contribution in [0.15, 0.2) is 10.7 Å². The SMILES string of the molecule is CCC(C)c1oncc1CCl. The summed E-state index contributed by atoms with van der Waals surface area (Å²) in [6.07, 6.45) is 2.74. The molecule has 0 saturated carbocycles. The molecule has 0 radical (unpaired) electrons. The lowest BCUT2D eigenvalue weighted by Crippen LogP contribution is -1.92. The fourth-order valence-electron chi connectivity index (χ4n) is 0.961. The highest BCUT2D eigenvalue weighted by Gasteiger charge is 2.12. The van der Waals surface area contributed by atoms with Gasteiger partial charge in [-0.15, -0.1) is 11.6 Å². The Labute approximate surface area is 71.5 Å². The molecule has 1 unspecified atom stereocenters. The van der Waals surface area contributed by atoms with Gasteiger partial charge in [-0.1, -0.05) is 19.0 Å². The Bertz CT molecular complexity index is 222. The van der Waals surface area contributed by atoms with Gasteiger partial charge in [0.15, 0.2) is 0 Å². The zero-order valence-corrected chi connectivity index (χ0v) is 7.56. The molecule has 0 bridgehead atoms. The van der Waals surface area contributed by atoms with Crippen LogP contribution in [0.3, 0.4) is 0 Å². The van der Waals surface area contributed by atoms with Crippen molar-refractivity contribution in [1.29, 1.82) is 0 Å². The maximum Gasteiger partial charge on any atom is 0.143 e. The molecule has 1 heterocycles. The van der Waals surface area contributed by atoms with E-state index in [0.717, 1.165) is 17.7 Å². The monoisotopic (exact) mass is 173 g/mol. The number of nitrogens with zero attached hydrogens (tertiary/aromatic N) is 1. The molecular weight excluding hydrogens is 162 g/mol. The second-order valence-electron chi connectivity index (χ2n) is 2.66. The van der Waals surface area contributed by atoms with Crippen LogP contribution in [0.25, 0.3) is 0 Å². The fourth-order valence-corrected chi connectivity index (χ4v) is 1.16. The maximum absolute atomic E-state index is 5.67. The van der Waals surface area contributed by atoms with Crippen LogP contribution < -0.4 is 0 Å². The Morgan fingerprint density at radius 3 is 3.00 bits per heavy atom. The van der Waals surface area contributed by atoms with E-state index >= 15 is 0 Å². The van der Waals surface area contributed by atoms with Gasteiger partial charge in [0.25, 0.3) is 0 Å². The van der Waals surface area contributed by atoms with E-state index in [1.807, 2.05) is 0 Å². The predicted molar refractivity (Wildman–Crippen MR) is 44.8 cm³/mol. The van der Waals surface area contributed by atoms with Crippen LogP contribution in [-0.4, -0.2) is 5.16 Å². The number of hydrogen-bond acceptors (Lipinski definition) is 2. The molecule has 0 spiro atoms. The summed E-state index contributed by atoms with van der Waals surface area (Å²) in [5, 5.41) is 3.70. The Hall–Kier alpha value is -0.500. The summed E-state index contributed by atoms with van der Waals surface area (Å²) in [6.45, 7) is 4.22. The van der Waals surface area contributed by atoms with Crippen molar-refractivity contribution in [2.45, 2.75) is 32.1 Å². The molecule has 0 saturated heterocycles. The molecule has 0 fully saturated rings. The first-order valence-electron chi connectivity index (χ1n) is 3.79. The smallest absolute Gasteiger partial charge is 0.143 e. The molecule has 1 aromatic rings. The van der Waals surface area contributed by atoms with Crippen LogP contribution in [0.2, 0.25) is 0 Å². The zero-order valence-electron chi connectivity index (χ0n) is 6.80. The van der Waals surface area contributed by atoms with Crippen molar-refractivity contribution < 1.29 is 4.52 Å². The summed E-state index contributed by atoms with van der Waals surface area (Å²) in [4.78, 5) is 0. The van der Waals surface area contributed by atoms with Crippen LogP contribution in [0.1, 0.15) is 37.5 Å². The molecule has 62 valence electrons. The van der Waals surface area contributed by atoms with E-state index in [0.29, 0.717) is 11.8 Å². The lowest BCUT2D eigenvalue weighted by molar-refractivity contribution is 0.361. The molecule has 0 aliphatic rings. The lowest BCUT2D eigenvalue weighted by atomic mass is 10.0. The van der Waals surface area contributed by atoms with Crippen LogP contribution in [0.5, 0.6) is 0 Å². The number of alkyl halides is 1. The van der Waals surface area contributed by atoms with Crippen LogP contribution in [0.4, 0.5) is 0 Å². The van der Waals surface area contributed by atoms with E-state index in [2.05, 4.69) is 19.0 Å². The van der Waals surface area contributed by atoms with Crippen LogP contribution in [0, 0.1) is 0 Å². The quantitative estimate of drug-likeness (QED) is 0.657. The van der Waals surface area contributed by atoms with E-state index < -0.39 is 0 Å². The van der Waals surface area contributed by atoms with Crippen molar-refractivity contribution in [3.05, 3.63) is 17.5 Å². The van der Waals surface area contributed by atoms with E-state index in [1.165, 1.54) is 0 Å². The van der Waals surface area contributed by atoms with Gasteiger partial charge in [-0.3, -0.25) is 0 Å². The summed E-state index contributed by atoms with van der Waals surface area (Å²) in [6, 6.07) is 0. The lowest BCUT2D eigenvalue weighted by Gasteiger charge is -2.03. The largest absolute Gasteiger partial charge is 0.361 e. The molecule has 1 atom stereocenters. The second-order valence-corrected chi connectivity index (χ2v) is 2.93. The molecule has 11 heavy (non-hydrogen) atoms. The van der Waals surface area contributed by atoms with Gasteiger partial charge in [0.1, 0.15) is 5.76 Å². The van der Waals surface area contributed by atoms with E-state index in [-0.39, 0.29) is 0 Å². The van der Waals surface area contributed by atoms with Crippen molar-refractivity contribution in [2.24, 2.45) is 0 Å². The third-order valence-electron chi connectivity index (χ3n) is 1.88. The van der Waals surface area contributed by atoms with Crippen molar-refractivity contribution in [3.63, 3.8) is 0 Å². The molecule has 0 aromatic carbocycles. The Morgan fingerprint density at radius 2 is 2.45 bits per heavy atom. The van der Waals surface area contributed by atoms with Crippen molar-refractivity contribution in [2.75, 3.05) is 0 Å². The molecule has 0 aliphatic heterocycles. The number of hydrogen-bond donors (Lipinski definition) is 0. The minimum absolute atomic E-state index is 0.422. The predicted octanol–water partition coefficient (Wildman–Crippen LogP) is 2.93. The van der Waals surface area contributed by atoms with Gasteiger partial charge < -0.3 is 4.52 Å². The normalized spacial score (nSPS) is 13.4. The third-order valence-corrected chi connectivity index (χ3v) is 2.17. The van der Waals surface area contributed by atoms with Crippen molar-refractivity contribution in [3.8, 4) is 0 Å². The number of rotatable bonds is 3. The standard InChI is InChI=1S/C8H12ClNO/c1-3-6(2)8-7(4-9)5-10-11-8/h5-6H,3-4H2,1-2H3. The second kappa shape index (κ2) is 3.77.